The van der Waals surface area contributed by atoms with Gasteiger partial charge in [0.2, 0.25) is 5.91 Å². The molecule has 0 saturated carbocycles. The number of nitriles is 1. The summed E-state index contributed by atoms with van der Waals surface area (Å²) in [4.78, 5) is 19.3. The molecule has 4 rings (SSSR count). The highest BCUT2D eigenvalue weighted by Crippen LogP contribution is 2.32. The van der Waals surface area contributed by atoms with E-state index in [2.05, 4.69) is 26.6 Å². The standard InChI is InChI=1S/C26H25ClFN5O2/c1-35-11-10-33-8-6-17(7-9-33)12-25(34)31-19-3-5-24-21(13-19)26(18(15-29)16-30-24)32-20-2-4-23(28)22(27)14-20/h2-5,12-14,16H,6-11H2,1H3,(H,30,32)(H,31,34). The first-order valence-corrected chi connectivity index (χ1v) is 11.6. The van der Waals surface area contributed by atoms with Crippen LogP contribution in [0.2, 0.25) is 5.02 Å². The number of hydrogen-bond donors (Lipinski definition) is 2. The number of amides is 1. The molecule has 180 valence electrons. The minimum atomic E-state index is -0.530. The van der Waals surface area contributed by atoms with Crippen LogP contribution in [0, 0.1) is 17.1 Å². The normalized spacial score (nSPS) is 13.9. The van der Waals surface area contributed by atoms with Gasteiger partial charge in [0, 0.05) is 55.8 Å². The van der Waals surface area contributed by atoms with Crippen molar-refractivity contribution in [1.82, 2.24) is 9.88 Å². The molecule has 0 aliphatic carbocycles. The van der Waals surface area contributed by atoms with Crippen molar-refractivity contribution in [1.29, 1.82) is 5.26 Å². The Kier molecular flexibility index (Phi) is 7.93. The van der Waals surface area contributed by atoms with Crippen molar-refractivity contribution >= 4 is 45.5 Å². The summed E-state index contributed by atoms with van der Waals surface area (Å²) in [6.45, 7) is 3.41. The number of anilines is 3. The lowest BCUT2D eigenvalue weighted by molar-refractivity contribution is -0.112. The number of ether oxygens (including phenoxy) is 1. The number of fused-ring (bicyclic) bond motifs is 1. The van der Waals surface area contributed by atoms with Crippen molar-refractivity contribution < 1.29 is 13.9 Å². The SMILES string of the molecule is COCCN1CCC(=CC(=O)Nc2ccc3ncc(C#N)c(Nc4ccc(F)c(Cl)c4)c3c2)CC1. The molecule has 0 atom stereocenters. The second-order valence-electron chi connectivity index (χ2n) is 8.27. The van der Waals surface area contributed by atoms with Crippen LogP contribution < -0.4 is 10.6 Å². The summed E-state index contributed by atoms with van der Waals surface area (Å²) >= 11 is 5.91. The molecule has 0 radical (unpaired) electrons. The Bertz CT molecular complexity index is 1310. The third kappa shape index (κ3) is 6.14. The maximum absolute atomic E-state index is 13.6. The third-order valence-corrected chi connectivity index (χ3v) is 6.18. The zero-order chi connectivity index (χ0) is 24.8. The Morgan fingerprint density at radius 1 is 1.26 bits per heavy atom. The molecule has 1 aromatic heterocycles. The summed E-state index contributed by atoms with van der Waals surface area (Å²) in [7, 11) is 1.70. The number of benzene rings is 2. The highest BCUT2D eigenvalue weighted by atomic mass is 35.5. The smallest absolute Gasteiger partial charge is 0.248 e. The van der Waals surface area contributed by atoms with Crippen LogP contribution in [0.4, 0.5) is 21.5 Å². The molecule has 2 N–H and O–H groups in total. The van der Waals surface area contributed by atoms with Crippen molar-refractivity contribution in [3.8, 4) is 6.07 Å². The van der Waals surface area contributed by atoms with E-state index in [1.54, 1.807) is 31.4 Å². The van der Waals surface area contributed by atoms with Crippen LogP contribution in [0.25, 0.3) is 10.9 Å². The number of carbonyl (C=O) groups excluding carboxylic acids is 1. The number of rotatable bonds is 7. The maximum Gasteiger partial charge on any atom is 0.248 e. The van der Waals surface area contributed by atoms with Gasteiger partial charge in [0.15, 0.2) is 0 Å². The fraction of sp³-hybridized carbons (Fsp3) is 0.269. The highest BCUT2D eigenvalue weighted by molar-refractivity contribution is 6.31. The Morgan fingerprint density at radius 3 is 2.74 bits per heavy atom. The Labute approximate surface area is 208 Å². The molecule has 2 heterocycles. The summed E-state index contributed by atoms with van der Waals surface area (Å²) in [5, 5.41) is 16.3. The minimum Gasteiger partial charge on any atom is -0.383 e. The van der Waals surface area contributed by atoms with E-state index in [9.17, 15) is 14.4 Å². The zero-order valence-electron chi connectivity index (χ0n) is 19.3. The van der Waals surface area contributed by atoms with Gasteiger partial charge in [0.1, 0.15) is 11.9 Å². The second-order valence-corrected chi connectivity index (χ2v) is 8.68. The Morgan fingerprint density at radius 2 is 2.03 bits per heavy atom. The lowest BCUT2D eigenvalue weighted by Gasteiger charge is -2.27. The minimum absolute atomic E-state index is 0.0302. The molecular weight excluding hydrogens is 469 g/mol. The van der Waals surface area contributed by atoms with Crippen LogP contribution in [-0.4, -0.2) is 49.1 Å². The first-order valence-electron chi connectivity index (χ1n) is 11.2. The Balaban J connectivity index is 1.53. The number of halogens is 2. The molecule has 0 spiro atoms. The molecule has 1 aliphatic rings. The fourth-order valence-electron chi connectivity index (χ4n) is 4.00. The van der Waals surface area contributed by atoms with Gasteiger partial charge in [-0.25, -0.2) is 4.39 Å². The predicted molar refractivity (Wildman–Crippen MR) is 135 cm³/mol. The van der Waals surface area contributed by atoms with E-state index in [4.69, 9.17) is 16.3 Å². The van der Waals surface area contributed by atoms with E-state index >= 15 is 0 Å². The number of piperidine rings is 1. The molecule has 1 amide bonds. The zero-order valence-corrected chi connectivity index (χ0v) is 20.0. The average Bonchev–Trinajstić information content (AvgIpc) is 2.86. The summed E-state index contributed by atoms with van der Waals surface area (Å²) in [5.74, 6) is -0.731. The van der Waals surface area contributed by atoms with E-state index in [0.29, 0.717) is 40.1 Å². The van der Waals surface area contributed by atoms with Crippen molar-refractivity contribution in [3.63, 3.8) is 0 Å². The summed E-state index contributed by atoms with van der Waals surface area (Å²) < 4.78 is 18.7. The van der Waals surface area contributed by atoms with E-state index < -0.39 is 5.82 Å². The number of likely N-dealkylation sites (tertiary alicyclic amines) is 1. The summed E-state index contributed by atoms with van der Waals surface area (Å²) in [5.41, 5.74) is 3.66. The van der Waals surface area contributed by atoms with Gasteiger partial charge in [-0.05, 0) is 49.2 Å². The molecule has 9 heteroatoms. The van der Waals surface area contributed by atoms with Crippen molar-refractivity contribution in [2.24, 2.45) is 0 Å². The van der Waals surface area contributed by atoms with E-state index in [-0.39, 0.29) is 10.9 Å². The van der Waals surface area contributed by atoms with Crippen LogP contribution in [-0.2, 0) is 9.53 Å². The number of nitrogens with one attached hydrogen (secondary N) is 2. The first-order chi connectivity index (χ1) is 17.0. The van der Waals surface area contributed by atoms with Gasteiger partial charge in [-0.3, -0.25) is 9.78 Å². The van der Waals surface area contributed by atoms with Gasteiger partial charge in [-0.1, -0.05) is 17.2 Å². The first kappa shape index (κ1) is 24.6. The molecule has 3 aromatic rings. The van der Waals surface area contributed by atoms with E-state index in [0.717, 1.165) is 38.0 Å². The summed E-state index contributed by atoms with van der Waals surface area (Å²) in [6.07, 6.45) is 4.83. The average molecular weight is 494 g/mol. The topological polar surface area (TPSA) is 90.3 Å². The molecule has 1 aliphatic heterocycles. The van der Waals surface area contributed by atoms with E-state index in [1.807, 2.05) is 0 Å². The van der Waals surface area contributed by atoms with Gasteiger partial charge in [0.25, 0.3) is 0 Å². The highest BCUT2D eigenvalue weighted by Gasteiger charge is 2.15. The number of carbonyl (C=O) groups is 1. The third-order valence-electron chi connectivity index (χ3n) is 5.89. The molecule has 35 heavy (non-hydrogen) atoms. The van der Waals surface area contributed by atoms with Gasteiger partial charge in [0.05, 0.1) is 28.4 Å². The van der Waals surface area contributed by atoms with Crippen LogP contribution in [0.1, 0.15) is 18.4 Å². The predicted octanol–water partition coefficient (Wildman–Crippen LogP) is 5.25. The molecule has 1 saturated heterocycles. The molecule has 0 bridgehead atoms. The number of methoxy groups -OCH3 is 1. The molecule has 7 nitrogen and oxygen atoms in total. The number of hydrogen-bond acceptors (Lipinski definition) is 6. The van der Waals surface area contributed by atoms with Crippen molar-refractivity contribution in [2.45, 2.75) is 12.8 Å². The number of aromatic nitrogens is 1. The number of nitrogens with zero attached hydrogens (tertiary/aromatic N) is 3. The Hall–Kier alpha value is -3.51. The maximum atomic E-state index is 13.6. The summed E-state index contributed by atoms with van der Waals surface area (Å²) in [6, 6.07) is 11.7. The largest absolute Gasteiger partial charge is 0.383 e. The second kappa shape index (κ2) is 11.3. The van der Waals surface area contributed by atoms with Gasteiger partial charge in [-0.2, -0.15) is 5.26 Å². The molecule has 2 aromatic carbocycles. The number of pyridine rings is 1. The fourth-order valence-corrected chi connectivity index (χ4v) is 4.18. The molecule has 0 unspecified atom stereocenters. The van der Waals surface area contributed by atoms with E-state index in [1.165, 1.54) is 24.4 Å². The van der Waals surface area contributed by atoms with Crippen LogP contribution in [0.15, 0.2) is 54.2 Å². The molecule has 1 fully saturated rings. The molecular formula is C26H25ClFN5O2. The van der Waals surface area contributed by atoms with Crippen LogP contribution in [0.3, 0.4) is 0 Å². The monoisotopic (exact) mass is 493 g/mol. The van der Waals surface area contributed by atoms with Crippen molar-refractivity contribution in [3.05, 3.63) is 70.6 Å². The van der Waals surface area contributed by atoms with Gasteiger partial charge >= 0.3 is 0 Å². The lowest BCUT2D eigenvalue weighted by atomic mass is 10.0. The van der Waals surface area contributed by atoms with Gasteiger partial charge in [-0.15, -0.1) is 0 Å². The van der Waals surface area contributed by atoms with Crippen molar-refractivity contribution in [2.75, 3.05) is 44.0 Å². The van der Waals surface area contributed by atoms with Crippen LogP contribution in [0.5, 0.6) is 0 Å². The van der Waals surface area contributed by atoms with Crippen LogP contribution >= 0.6 is 11.6 Å². The lowest BCUT2D eigenvalue weighted by Crippen LogP contribution is -2.33. The quantitative estimate of drug-likeness (QED) is 0.437. The van der Waals surface area contributed by atoms with Gasteiger partial charge < -0.3 is 20.3 Å².